The monoisotopic (exact) mass is 364 g/mol. The standard InChI is InChI=1S/C21H20N2O4/c1-4-13-23-20(24)18(14-9-5-7-11-16(14)26-2)19(21(23)25)22-15-10-6-8-12-17(15)27-3/h4-12,22H,1,13H2,2-3H3. The average molecular weight is 364 g/mol. The lowest BCUT2D eigenvalue weighted by atomic mass is 10.0. The number of hydrogen-bond acceptors (Lipinski definition) is 5. The maximum absolute atomic E-state index is 13.0. The molecule has 3 rings (SSSR count). The van der Waals surface area contributed by atoms with Gasteiger partial charge in [0.1, 0.15) is 17.2 Å². The first-order chi connectivity index (χ1) is 13.1. The summed E-state index contributed by atoms with van der Waals surface area (Å²) in [5.74, 6) is 0.244. The summed E-state index contributed by atoms with van der Waals surface area (Å²) in [6.45, 7) is 3.75. The molecule has 0 spiro atoms. The summed E-state index contributed by atoms with van der Waals surface area (Å²) in [6, 6.07) is 14.3. The van der Waals surface area contributed by atoms with Crippen molar-refractivity contribution in [1.29, 1.82) is 0 Å². The number of nitrogens with zero attached hydrogens (tertiary/aromatic N) is 1. The van der Waals surface area contributed by atoms with E-state index in [1.165, 1.54) is 13.2 Å². The molecule has 0 aromatic heterocycles. The molecule has 0 saturated heterocycles. The normalized spacial score (nSPS) is 13.8. The second-order valence-corrected chi connectivity index (χ2v) is 5.79. The molecule has 0 bridgehead atoms. The molecule has 6 heteroatoms. The highest BCUT2D eigenvalue weighted by atomic mass is 16.5. The van der Waals surface area contributed by atoms with Crippen molar-refractivity contribution in [3.63, 3.8) is 0 Å². The van der Waals surface area contributed by atoms with Gasteiger partial charge in [-0.15, -0.1) is 6.58 Å². The number of carbonyl (C=O) groups is 2. The molecule has 0 unspecified atom stereocenters. The smallest absolute Gasteiger partial charge is 0.278 e. The van der Waals surface area contributed by atoms with E-state index < -0.39 is 11.8 Å². The topological polar surface area (TPSA) is 67.9 Å². The molecule has 0 aliphatic carbocycles. The number of amides is 2. The van der Waals surface area contributed by atoms with Crippen LogP contribution in [0.15, 0.2) is 66.9 Å². The van der Waals surface area contributed by atoms with Crippen LogP contribution < -0.4 is 14.8 Å². The summed E-state index contributed by atoms with van der Waals surface area (Å²) in [6.07, 6.45) is 1.52. The minimum atomic E-state index is -0.424. The Labute approximate surface area is 157 Å². The van der Waals surface area contributed by atoms with Crippen molar-refractivity contribution in [3.8, 4) is 11.5 Å². The quantitative estimate of drug-likeness (QED) is 0.604. The molecule has 1 aliphatic heterocycles. The number of carbonyl (C=O) groups excluding carboxylic acids is 2. The Morgan fingerprint density at radius 1 is 0.963 bits per heavy atom. The number of anilines is 1. The molecule has 0 atom stereocenters. The van der Waals surface area contributed by atoms with Gasteiger partial charge in [0.25, 0.3) is 11.8 Å². The predicted octanol–water partition coefficient (Wildman–Crippen LogP) is 3.08. The van der Waals surface area contributed by atoms with Gasteiger partial charge in [0.15, 0.2) is 0 Å². The van der Waals surface area contributed by atoms with Crippen molar-refractivity contribution in [3.05, 3.63) is 72.4 Å². The van der Waals surface area contributed by atoms with Gasteiger partial charge in [0, 0.05) is 12.1 Å². The molecule has 2 amide bonds. The predicted molar refractivity (Wildman–Crippen MR) is 103 cm³/mol. The molecule has 2 aromatic carbocycles. The molecular weight excluding hydrogens is 344 g/mol. The van der Waals surface area contributed by atoms with Crippen molar-refractivity contribution in [2.24, 2.45) is 0 Å². The fraction of sp³-hybridized carbons (Fsp3) is 0.143. The second-order valence-electron chi connectivity index (χ2n) is 5.79. The van der Waals surface area contributed by atoms with Crippen LogP contribution in [0.5, 0.6) is 11.5 Å². The molecule has 0 saturated carbocycles. The first-order valence-corrected chi connectivity index (χ1v) is 8.37. The highest BCUT2D eigenvalue weighted by Crippen LogP contribution is 2.36. The second kappa shape index (κ2) is 7.78. The van der Waals surface area contributed by atoms with Gasteiger partial charge in [0.05, 0.1) is 25.5 Å². The Balaban J connectivity index is 2.16. The van der Waals surface area contributed by atoms with E-state index in [1.807, 2.05) is 12.1 Å². The zero-order valence-corrected chi connectivity index (χ0v) is 15.2. The largest absolute Gasteiger partial charge is 0.496 e. The highest BCUT2D eigenvalue weighted by Gasteiger charge is 2.39. The number of benzene rings is 2. The Morgan fingerprint density at radius 3 is 2.26 bits per heavy atom. The number of ether oxygens (including phenoxy) is 2. The Bertz CT molecular complexity index is 933. The van der Waals surface area contributed by atoms with E-state index in [1.54, 1.807) is 43.5 Å². The van der Waals surface area contributed by atoms with Crippen LogP contribution in [-0.4, -0.2) is 37.5 Å². The van der Waals surface area contributed by atoms with Gasteiger partial charge < -0.3 is 14.8 Å². The molecule has 138 valence electrons. The molecule has 6 nitrogen and oxygen atoms in total. The van der Waals surface area contributed by atoms with E-state index in [-0.39, 0.29) is 17.8 Å². The van der Waals surface area contributed by atoms with E-state index >= 15 is 0 Å². The fourth-order valence-corrected chi connectivity index (χ4v) is 2.97. The van der Waals surface area contributed by atoms with Crippen LogP contribution in [0.1, 0.15) is 5.56 Å². The molecular formula is C21H20N2O4. The molecule has 1 N–H and O–H groups in total. The first-order valence-electron chi connectivity index (χ1n) is 8.37. The minimum Gasteiger partial charge on any atom is -0.496 e. The van der Waals surface area contributed by atoms with Crippen LogP contribution in [0.4, 0.5) is 5.69 Å². The molecule has 1 heterocycles. The Morgan fingerprint density at radius 2 is 1.59 bits per heavy atom. The number of nitrogens with one attached hydrogen (secondary N) is 1. The lowest BCUT2D eigenvalue weighted by molar-refractivity contribution is -0.136. The summed E-state index contributed by atoms with van der Waals surface area (Å²) < 4.78 is 10.7. The number of para-hydroxylation sites is 3. The van der Waals surface area contributed by atoms with E-state index in [4.69, 9.17) is 9.47 Å². The van der Waals surface area contributed by atoms with E-state index in [0.29, 0.717) is 22.7 Å². The number of rotatable bonds is 7. The number of hydrogen-bond donors (Lipinski definition) is 1. The van der Waals surface area contributed by atoms with Gasteiger partial charge in [-0.2, -0.15) is 0 Å². The molecule has 27 heavy (non-hydrogen) atoms. The SMILES string of the molecule is C=CCN1C(=O)C(Nc2ccccc2OC)=C(c2ccccc2OC)C1=O. The van der Waals surface area contributed by atoms with Crippen molar-refractivity contribution in [1.82, 2.24) is 4.90 Å². The van der Waals surface area contributed by atoms with Gasteiger partial charge >= 0.3 is 0 Å². The zero-order valence-electron chi connectivity index (χ0n) is 15.2. The van der Waals surface area contributed by atoms with Crippen LogP contribution in [0.3, 0.4) is 0 Å². The van der Waals surface area contributed by atoms with Crippen molar-refractivity contribution in [2.45, 2.75) is 0 Å². The summed E-state index contributed by atoms with van der Waals surface area (Å²) in [4.78, 5) is 27.1. The summed E-state index contributed by atoms with van der Waals surface area (Å²) in [5.41, 5.74) is 1.56. The van der Waals surface area contributed by atoms with Crippen molar-refractivity contribution < 1.29 is 19.1 Å². The van der Waals surface area contributed by atoms with Crippen LogP contribution in [0.2, 0.25) is 0 Å². The minimum absolute atomic E-state index is 0.118. The number of imide groups is 1. The Kier molecular flexibility index (Phi) is 5.26. The maximum Gasteiger partial charge on any atom is 0.278 e. The summed E-state index contributed by atoms with van der Waals surface area (Å²) in [5, 5.41) is 3.08. The van der Waals surface area contributed by atoms with E-state index in [2.05, 4.69) is 11.9 Å². The van der Waals surface area contributed by atoms with Gasteiger partial charge in [-0.25, -0.2) is 0 Å². The third-order valence-corrected chi connectivity index (χ3v) is 4.22. The third-order valence-electron chi connectivity index (χ3n) is 4.22. The van der Waals surface area contributed by atoms with Crippen LogP contribution >= 0.6 is 0 Å². The zero-order chi connectivity index (χ0) is 19.4. The molecule has 2 aromatic rings. The highest BCUT2D eigenvalue weighted by molar-refractivity contribution is 6.37. The number of methoxy groups -OCH3 is 2. The molecule has 1 aliphatic rings. The maximum atomic E-state index is 13.0. The molecule has 0 fully saturated rings. The first kappa shape index (κ1) is 18.3. The van der Waals surface area contributed by atoms with Gasteiger partial charge in [0.2, 0.25) is 0 Å². The summed E-state index contributed by atoms with van der Waals surface area (Å²) >= 11 is 0. The van der Waals surface area contributed by atoms with Gasteiger partial charge in [-0.3, -0.25) is 14.5 Å². The van der Waals surface area contributed by atoms with Gasteiger partial charge in [-0.1, -0.05) is 36.4 Å². The Hall–Kier alpha value is -3.54. The van der Waals surface area contributed by atoms with Crippen LogP contribution in [-0.2, 0) is 9.59 Å². The molecule has 0 radical (unpaired) electrons. The van der Waals surface area contributed by atoms with Gasteiger partial charge in [-0.05, 0) is 18.2 Å². The van der Waals surface area contributed by atoms with Crippen molar-refractivity contribution in [2.75, 3.05) is 26.1 Å². The van der Waals surface area contributed by atoms with Crippen LogP contribution in [0.25, 0.3) is 5.57 Å². The summed E-state index contributed by atoms with van der Waals surface area (Å²) in [7, 11) is 3.07. The average Bonchev–Trinajstić information content (AvgIpc) is 2.93. The lowest BCUT2D eigenvalue weighted by Crippen LogP contribution is -2.32. The van der Waals surface area contributed by atoms with E-state index in [0.717, 1.165) is 4.90 Å². The third kappa shape index (κ3) is 3.29. The fourth-order valence-electron chi connectivity index (χ4n) is 2.97. The van der Waals surface area contributed by atoms with Crippen LogP contribution in [0, 0.1) is 0 Å². The lowest BCUT2D eigenvalue weighted by Gasteiger charge is -2.13. The van der Waals surface area contributed by atoms with E-state index in [9.17, 15) is 9.59 Å². The van der Waals surface area contributed by atoms with Crippen molar-refractivity contribution >= 4 is 23.1 Å².